The number of halogens is 6. The molecule has 5 rings (SSSR count). The van der Waals surface area contributed by atoms with Crippen LogP contribution in [0, 0.1) is 0 Å². The molecule has 1 aliphatic carbocycles. The van der Waals surface area contributed by atoms with E-state index in [2.05, 4.69) is 0 Å². The molecule has 0 radical (unpaired) electrons. The molecule has 2 aliphatic rings. The number of aliphatic hydroxyl groups is 1. The number of rotatable bonds is 4. The van der Waals surface area contributed by atoms with Crippen LogP contribution in [0.2, 0.25) is 10.0 Å². The first-order valence-electron chi connectivity index (χ1n) is 12.4. The topological polar surface area (TPSA) is 49.8 Å². The second-order valence-corrected chi connectivity index (χ2v) is 10.9. The van der Waals surface area contributed by atoms with Crippen LogP contribution in [0.15, 0.2) is 60.7 Å². The number of hydrogen-bond donors (Lipinski definition) is 1. The van der Waals surface area contributed by atoms with Crippen LogP contribution in [0.1, 0.15) is 48.4 Å². The van der Waals surface area contributed by atoms with E-state index in [1.54, 1.807) is 49.4 Å². The maximum absolute atomic E-state index is 15.5. The average Bonchev–Trinajstić information content (AvgIpc) is 3.08. The van der Waals surface area contributed by atoms with Crippen molar-refractivity contribution in [2.75, 3.05) is 11.4 Å². The molecule has 0 spiro atoms. The highest BCUT2D eigenvalue weighted by molar-refractivity contribution is 6.42. The summed E-state index contributed by atoms with van der Waals surface area (Å²) in [5, 5.41) is 11.0. The van der Waals surface area contributed by atoms with Crippen molar-refractivity contribution >= 4 is 34.8 Å². The number of alkyl halides is 4. The lowest BCUT2D eigenvalue weighted by Crippen LogP contribution is -2.62. The van der Waals surface area contributed by atoms with Crippen LogP contribution in [-0.2, 0) is 22.5 Å². The lowest BCUT2D eigenvalue weighted by atomic mass is 9.61. The Balaban J connectivity index is 1.58. The molecule has 0 aromatic heterocycles. The SMILES string of the molecule is C[C@H](C(=O)N1C[C@@H](Oc2cccc(Cl)c2Cl)CCc2cc3c(cc21)C(C)(F)C3(O)C(F)(F)F)c1ccccc1. The van der Waals surface area contributed by atoms with Gasteiger partial charge in [-0.1, -0.05) is 59.6 Å². The molecular formula is C29H25Cl2F4NO3. The maximum atomic E-state index is 15.5. The van der Waals surface area contributed by atoms with Gasteiger partial charge in [-0.3, -0.25) is 4.79 Å². The van der Waals surface area contributed by atoms with Gasteiger partial charge < -0.3 is 14.7 Å². The van der Waals surface area contributed by atoms with Crippen LogP contribution < -0.4 is 9.64 Å². The molecule has 1 amide bonds. The number of nitrogens with zero attached hydrogens (tertiary/aromatic N) is 1. The van der Waals surface area contributed by atoms with Crippen molar-refractivity contribution in [3.63, 3.8) is 0 Å². The van der Waals surface area contributed by atoms with E-state index in [4.69, 9.17) is 27.9 Å². The van der Waals surface area contributed by atoms with Crippen LogP contribution in [0.4, 0.5) is 23.2 Å². The van der Waals surface area contributed by atoms with Crippen LogP contribution in [-0.4, -0.2) is 29.8 Å². The molecule has 4 atom stereocenters. The zero-order valence-electron chi connectivity index (χ0n) is 21.0. The molecule has 3 aromatic rings. The number of anilines is 1. The van der Waals surface area contributed by atoms with E-state index >= 15 is 4.39 Å². The Morgan fingerprint density at radius 2 is 1.79 bits per heavy atom. The Morgan fingerprint density at radius 1 is 1.10 bits per heavy atom. The highest BCUT2D eigenvalue weighted by Crippen LogP contribution is 2.63. The molecule has 0 fully saturated rings. The number of carbonyl (C=O) groups is 1. The highest BCUT2D eigenvalue weighted by Gasteiger charge is 2.74. The third-order valence-corrected chi connectivity index (χ3v) is 8.56. The summed E-state index contributed by atoms with van der Waals surface area (Å²) in [6, 6.07) is 16.4. The first kappa shape index (κ1) is 27.7. The molecule has 0 saturated carbocycles. The number of carbonyl (C=O) groups excluding carboxylic acids is 1. The lowest BCUT2D eigenvalue weighted by Gasteiger charge is -2.51. The zero-order chi connectivity index (χ0) is 28.3. The van der Waals surface area contributed by atoms with E-state index in [-0.39, 0.29) is 40.2 Å². The predicted octanol–water partition coefficient (Wildman–Crippen LogP) is 7.47. The second kappa shape index (κ2) is 9.68. The summed E-state index contributed by atoms with van der Waals surface area (Å²) in [4.78, 5) is 15.3. The monoisotopic (exact) mass is 581 g/mol. The van der Waals surface area contributed by atoms with Gasteiger partial charge in [0.2, 0.25) is 11.5 Å². The summed E-state index contributed by atoms with van der Waals surface area (Å²) in [6.45, 7) is 2.48. The van der Waals surface area contributed by atoms with Crippen molar-refractivity contribution < 1.29 is 32.2 Å². The van der Waals surface area contributed by atoms with E-state index < -0.39 is 35.0 Å². The van der Waals surface area contributed by atoms with Gasteiger partial charge in [0.25, 0.3) is 0 Å². The fourth-order valence-electron chi connectivity index (χ4n) is 5.46. The van der Waals surface area contributed by atoms with Crippen molar-refractivity contribution in [3.05, 3.63) is 93.0 Å². The number of aryl methyl sites for hydroxylation is 1. The summed E-state index contributed by atoms with van der Waals surface area (Å²) in [5.74, 6) is -0.638. The molecule has 3 aromatic carbocycles. The van der Waals surface area contributed by atoms with E-state index in [1.807, 2.05) is 6.07 Å². The van der Waals surface area contributed by atoms with Crippen LogP contribution in [0.5, 0.6) is 5.75 Å². The van der Waals surface area contributed by atoms with Crippen molar-refractivity contribution in [1.29, 1.82) is 0 Å². The van der Waals surface area contributed by atoms with Crippen molar-refractivity contribution in [2.24, 2.45) is 0 Å². The molecule has 0 bridgehead atoms. The second-order valence-electron chi connectivity index (χ2n) is 10.1. The van der Waals surface area contributed by atoms with Crippen molar-refractivity contribution in [3.8, 4) is 5.75 Å². The largest absolute Gasteiger partial charge is 0.487 e. The Hall–Kier alpha value is -2.81. The predicted molar refractivity (Wildman–Crippen MR) is 141 cm³/mol. The maximum Gasteiger partial charge on any atom is 0.425 e. The molecule has 1 heterocycles. The number of amides is 1. The third-order valence-electron chi connectivity index (χ3n) is 7.76. The Bertz CT molecular complexity index is 1430. The molecule has 39 heavy (non-hydrogen) atoms. The average molecular weight is 582 g/mol. The standard InChI is InChI=1S/C29H25Cl2F4NO3/c1-16(17-7-4-3-5-8-17)26(37)36-15-19(39-24-10-6-9-22(30)25(24)31)12-11-18-13-21-20(14-23(18)36)27(2,32)28(21,38)29(33,34)35/h3-10,13-14,16,19,38H,11-12,15H2,1-2H3/t16-,19-,27?,28?/m0/s1. The highest BCUT2D eigenvalue weighted by atomic mass is 35.5. The summed E-state index contributed by atoms with van der Waals surface area (Å²) in [7, 11) is 0. The molecule has 1 N–H and O–H groups in total. The quantitative estimate of drug-likeness (QED) is 0.325. The normalized spacial score (nSPS) is 25.2. The summed E-state index contributed by atoms with van der Waals surface area (Å²) < 4.78 is 63.2. The third kappa shape index (κ3) is 4.37. The summed E-state index contributed by atoms with van der Waals surface area (Å²) in [5.41, 5.74) is -6.17. The minimum atomic E-state index is -5.23. The van der Waals surface area contributed by atoms with E-state index in [0.29, 0.717) is 24.7 Å². The smallest absolute Gasteiger partial charge is 0.425 e. The molecule has 10 heteroatoms. The zero-order valence-corrected chi connectivity index (χ0v) is 22.5. The van der Waals surface area contributed by atoms with E-state index in [0.717, 1.165) is 5.56 Å². The van der Waals surface area contributed by atoms with Gasteiger partial charge in [-0.05, 0) is 62.1 Å². The Morgan fingerprint density at radius 3 is 2.46 bits per heavy atom. The van der Waals surface area contributed by atoms with Gasteiger partial charge in [-0.2, -0.15) is 13.2 Å². The summed E-state index contributed by atoms with van der Waals surface area (Å²) >= 11 is 12.4. The first-order valence-corrected chi connectivity index (χ1v) is 13.2. The molecule has 0 saturated heterocycles. The molecule has 206 valence electrons. The van der Waals surface area contributed by atoms with Crippen LogP contribution in [0.3, 0.4) is 0 Å². The van der Waals surface area contributed by atoms with Gasteiger partial charge in [-0.15, -0.1) is 0 Å². The van der Waals surface area contributed by atoms with Crippen molar-refractivity contribution in [2.45, 2.75) is 56.2 Å². The number of hydrogen-bond acceptors (Lipinski definition) is 3. The van der Waals surface area contributed by atoms with E-state index in [1.165, 1.54) is 17.0 Å². The number of ether oxygens (including phenoxy) is 1. The molecule has 4 nitrogen and oxygen atoms in total. The van der Waals surface area contributed by atoms with Gasteiger partial charge in [0.1, 0.15) is 16.9 Å². The Labute approximate surface area is 233 Å². The van der Waals surface area contributed by atoms with Gasteiger partial charge in [0.05, 0.1) is 17.5 Å². The first-order chi connectivity index (χ1) is 18.3. The van der Waals surface area contributed by atoms with Gasteiger partial charge >= 0.3 is 6.18 Å². The van der Waals surface area contributed by atoms with Crippen LogP contribution in [0.25, 0.3) is 0 Å². The minimum absolute atomic E-state index is 0.0389. The van der Waals surface area contributed by atoms with Crippen LogP contribution >= 0.6 is 23.2 Å². The minimum Gasteiger partial charge on any atom is -0.487 e. The van der Waals surface area contributed by atoms with Crippen molar-refractivity contribution in [1.82, 2.24) is 0 Å². The van der Waals surface area contributed by atoms with Gasteiger partial charge in [0.15, 0.2) is 5.67 Å². The lowest BCUT2D eigenvalue weighted by molar-refractivity contribution is -0.328. The number of fused-ring (bicyclic) bond motifs is 2. The Kier molecular flexibility index (Phi) is 6.89. The fourth-order valence-corrected chi connectivity index (χ4v) is 5.80. The summed E-state index contributed by atoms with van der Waals surface area (Å²) in [6.07, 6.45) is -5.30. The van der Waals surface area contributed by atoms with Gasteiger partial charge in [0, 0.05) is 16.8 Å². The van der Waals surface area contributed by atoms with Gasteiger partial charge in [-0.25, -0.2) is 4.39 Å². The molecular weight excluding hydrogens is 557 g/mol. The molecule has 2 unspecified atom stereocenters. The fraction of sp³-hybridized carbons (Fsp3) is 0.345. The van der Waals surface area contributed by atoms with E-state index in [9.17, 15) is 23.1 Å². The molecule has 1 aliphatic heterocycles. The number of benzene rings is 3.